The number of piperidine rings is 1. The van der Waals surface area contributed by atoms with Crippen LogP contribution >= 0.6 is 0 Å². The number of sulfonamides is 1. The van der Waals surface area contributed by atoms with Crippen molar-refractivity contribution in [2.45, 2.75) is 57.9 Å². The van der Waals surface area contributed by atoms with E-state index in [1.807, 2.05) is 6.92 Å². The van der Waals surface area contributed by atoms with E-state index in [4.69, 9.17) is 0 Å². The molecule has 19 heavy (non-hydrogen) atoms. The van der Waals surface area contributed by atoms with Crippen molar-refractivity contribution >= 4 is 10.0 Å². The van der Waals surface area contributed by atoms with E-state index in [1.165, 1.54) is 25.7 Å². The van der Waals surface area contributed by atoms with Crippen molar-refractivity contribution in [2.24, 2.45) is 0 Å². The number of rotatable bonds is 4. The van der Waals surface area contributed by atoms with Gasteiger partial charge in [0, 0.05) is 19.1 Å². The quantitative estimate of drug-likeness (QED) is 0.795. The Morgan fingerprint density at radius 1 is 1.00 bits per heavy atom. The minimum Gasteiger partial charge on any atom is -0.299 e. The van der Waals surface area contributed by atoms with Crippen LogP contribution in [0.3, 0.4) is 0 Å². The first-order valence-electron chi connectivity index (χ1n) is 7.85. The summed E-state index contributed by atoms with van der Waals surface area (Å²) in [6, 6.07) is 0.457. The first-order valence-corrected chi connectivity index (χ1v) is 9.46. The van der Waals surface area contributed by atoms with Crippen molar-refractivity contribution in [3.63, 3.8) is 0 Å². The van der Waals surface area contributed by atoms with E-state index in [2.05, 4.69) is 4.90 Å². The predicted molar refractivity (Wildman–Crippen MR) is 78.7 cm³/mol. The molecule has 1 unspecified atom stereocenters. The van der Waals surface area contributed by atoms with Crippen molar-refractivity contribution in [3.8, 4) is 0 Å². The molecule has 5 heteroatoms. The SMILES string of the molecule is CCCS(=O)(=O)N1CCCC(N2CCCCCC2)C1. The van der Waals surface area contributed by atoms with E-state index in [-0.39, 0.29) is 0 Å². The van der Waals surface area contributed by atoms with Crippen LogP contribution in [0, 0.1) is 0 Å². The van der Waals surface area contributed by atoms with Crippen LogP contribution in [0.15, 0.2) is 0 Å². The maximum absolute atomic E-state index is 12.2. The molecule has 112 valence electrons. The molecule has 2 heterocycles. The van der Waals surface area contributed by atoms with Gasteiger partial charge in [0.25, 0.3) is 0 Å². The van der Waals surface area contributed by atoms with E-state index in [1.54, 1.807) is 4.31 Å². The minimum atomic E-state index is -3.01. The topological polar surface area (TPSA) is 40.6 Å². The molecule has 0 aromatic heterocycles. The summed E-state index contributed by atoms with van der Waals surface area (Å²) in [5, 5.41) is 0. The summed E-state index contributed by atoms with van der Waals surface area (Å²) in [6.07, 6.45) is 8.12. The van der Waals surface area contributed by atoms with Gasteiger partial charge in [-0.2, -0.15) is 0 Å². The molecule has 0 aromatic rings. The van der Waals surface area contributed by atoms with Gasteiger partial charge < -0.3 is 0 Å². The third-order valence-electron chi connectivity index (χ3n) is 4.37. The highest BCUT2D eigenvalue weighted by Gasteiger charge is 2.31. The van der Waals surface area contributed by atoms with Crippen LogP contribution in [-0.2, 0) is 10.0 Å². The first-order chi connectivity index (χ1) is 9.13. The molecule has 2 aliphatic heterocycles. The average molecular weight is 288 g/mol. The van der Waals surface area contributed by atoms with Crippen molar-refractivity contribution in [2.75, 3.05) is 31.9 Å². The Kier molecular flexibility index (Phi) is 5.66. The zero-order chi connectivity index (χ0) is 13.7. The standard InChI is InChI=1S/C14H28N2O2S/c1-2-12-19(17,18)16-11-7-8-14(13-16)15-9-5-3-4-6-10-15/h14H,2-13H2,1H3. The fourth-order valence-electron chi connectivity index (χ4n) is 3.32. The third-order valence-corrected chi connectivity index (χ3v) is 6.41. The highest BCUT2D eigenvalue weighted by Crippen LogP contribution is 2.22. The number of nitrogens with zero attached hydrogens (tertiary/aromatic N) is 2. The molecule has 1 atom stereocenters. The second-order valence-electron chi connectivity index (χ2n) is 5.92. The van der Waals surface area contributed by atoms with Gasteiger partial charge in [-0.15, -0.1) is 0 Å². The van der Waals surface area contributed by atoms with Crippen LogP contribution < -0.4 is 0 Å². The zero-order valence-corrected chi connectivity index (χ0v) is 13.0. The molecule has 4 nitrogen and oxygen atoms in total. The Balaban J connectivity index is 1.96. The van der Waals surface area contributed by atoms with E-state index >= 15 is 0 Å². The molecule has 2 saturated heterocycles. The molecule has 2 aliphatic rings. The lowest BCUT2D eigenvalue weighted by Crippen LogP contribution is -2.50. The average Bonchev–Trinajstić information content (AvgIpc) is 2.68. The molecule has 0 aliphatic carbocycles. The van der Waals surface area contributed by atoms with Gasteiger partial charge >= 0.3 is 0 Å². The monoisotopic (exact) mass is 288 g/mol. The summed E-state index contributed by atoms with van der Waals surface area (Å²) < 4.78 is 26.1. The molecule has 0 amide bonds. The molecular formula is C14H28N2O2S. The second kappa shape index (κ2) is 7.04. The summed E-state index contributed by atoms with van der Waals surface area (Å²) in [5.74, 6) is 0.305. The number of hydrogen-bond acceptors (Lipinski definition) is 3. The van der Waals surface area contributed by atoms with Gasteiger partial charge in [0.05, 0.1) is 5.75 Å². The van der Waals surface area contributed by atoms with Crippen molar-refractivity contribution < 1.29 is 8.42 Å². The number of likely N-dealkylation sites (tertiary alicyclic amines) is 1. The molecule has 0 saturated carbocycles. The normalized spacial score (nSPS) is 28.2. The van der Waals surface area contributed by atoms with Gasteiger partial charge in [-0.25, -0.2) is 12.7 Å². The largest absolute Gasteiger partial charge is 0.299 e. The molecule has 0 radical (unpaired) electrons. The van der Waals surface area contributed by atoms with Crippen LogP contribution in [0.25, 0.3) is 0 Å². The van der Waals surface area contributed by atoms with Crippen LogP contribution in [0.4, 0.5) is 0 Å². The van der Waals surface area contributed by atoms with Gasteiger partial charge in [0.2, 0.25) is 10.0 Å². The van der Waals surface area contributed by atoms with E-state index < -0.39 is 10.0 Å². The van der Waals surface area contributed by atoms with Crippen LogP contribution in [0.5, 0.6) is 0 Å². The fourth-order valence-corrected chi connectivity index (χ4v) is 4.90. The Hall–Kier alpha value is -0.130. The minimum absolute atomic E-state index is 0.305. The summed E-state index contributed by atoms with van der Waals surface area (Å²) in [5.41, 5.74) is 0. The van der Waals surface area contributed by atoms with Gasteiger partial charge in [-0.3, -0.25) is 4.90 Å². The maximum atomic E-state index is 12.2. The van der Waals surface area contributed by atoms with Crippen molar-refractivity contribution in [3.05, 3.63) is 0 Å². The van der Waals surface area contributed by atoms with Crippen LogP contribution in [0.1, 0.15) is 51.9 Å². The number of hydrogen-bond donors (Lipinski definition) is 0. The fraction of sp³-hybridized carbons (Fsp3) is 1.00. The molecule has 0 spiro atoms. The highest BCUT2D eigenvalue weighted by atomic mass is 32.2. The molecular weight excluding hydrogens is 260 g/mol. The third kappa shape index (κ3) is 4.17. The molecule has 0 aromatic carbocycles. The first kappa shape index (κ1) is 15.3. The van der Waals surface area contributed by atoms with Gasteiger partial charge in [-0.1, -0.05) is 19.8 Å². The van der Waals surface area contributed by atoms with Crippen LogP contribution in [-0.4, -0.2) is 55.6 Å². The van der Waals surface area contributed by atoms with Gasteiger partial charge in [0.1, 0.15) is 0 Å². The lowest BCUT2D eigenvalue weighted by molar-refractivity contribution is 0.139. The van der Waals surface area contributed by atoms with Gasteiger partial charge in [-0.05, 0) is 45.2 Å². The summed E-state index contributed by atoms with van der Waals surface area (Å²) >= 11 is 0. The molecule has 0 bridgehead atoms. The Morgan fingerprint density at radius 3 is 2.32 bits per heavy atom. The Morgan fingerprint density at radius 2 is 1.68 bits per heavy atom. The van der Waals surface area contributed by atoms with Crippen LogP contribution in [0.2, 0.25) is 0 Å². The van der Waals surface area contributed by atoms with E-state index in [0.29, 0.717) is 18.2 Å². The zero-order valence-electron chi connectivity index (χ0n) is 12.2. The molecule has 2 rings (SSSR count). The maximum Gasteiger partial charge on any atom is 0.214 e. The van der Waals surface area contributed by atoms with Gasteiger partial charge in [0.15, 0.2) is 0 Å². The van der Waals surface area contributed by atoms with E-state index in [9.17, 15) is 8.42 Å². The molecule has 2 fully saturated rings. The predicted octanol–water partition coefficient (Wildman–Crippen LogP) is 2.07. The summed E-state index contributed by atoms with van der Waals surface area (Å²) in [7, 11) is -3.01. The van der Waals surface area contributed by atoms with Crippen molar-refractivity contribution in [1.29, 1.82) is 0 Å². The summed E-state index contributed by atoms with van der Waals surface area (Å²) in [6.45, 7) is 5.71. The lowest BCUT2D eigenvalue weighted by atomic mass is 10.1. The second-order valence-corrected chi connectivity index (χ2v) is 8.01. The van der Waals surface area contributed by atoms with Crippen molar-refractivity contribution in [1.82, 2.24) is 9.21 Å². The molecule has 0 N–H and O–H groups in total. The highest BCUT2D eigenvalue weighted by molar-refractivity contribution is 7.89. The Bertz CT molecular complexity index is 362. The Labute approximate surface area is 118 Å². The lowest BCUT2D eigenvalue weighted by Gasteiger charge is -2.38. The van der Waals surface area contributed by atoms with E-state index in [0.717, 1.165) is 39.0 Å². The summed E-state index contributed by atoms with van der Waals surface area (Å²) in [4.78, 5) is 2.54. The smallest absolute Gasteiger partial charge is 0.214 e.